The largest absolute Gasteiger partial charge is 0.352 e. The van der Waals surface area contributed by atoms with Gasteiger partial charge in [-0.15, -0.1) is 0 Å². The van der Waals surface area contributed by atoms with Crippen molar-refractivity contribution >= 4 is 50.7 Å². The Hall–Kier alpha value is -3.07. The first-order chi connectivity index (χ1) is 17.9. The van der Waals surface area contributed by atoms with Crippen molar-refractivity contribution in [3.05, 3.63) is 94.0 Å². The number of benzene rings is 3. The molecule has 3 aromatic carbocycles. The van der Waals surface area contributed by atoms with E-state index in [-0.39, 0.29) is 39.1 Å². The number of aryl methyl sites for hydroxylation is 1. The minimum Gasteiger partial charge on any atom is -0.352 e. The second-order valence-corrected chi connectivity index (χ2v) is 11.8. The van der Waals surface area contributed by atoms with Crippen molar-refractivity contribution in [2.45, 2.75) is 51.2 Å². The van der Waals surface area contributed by atoms with Gasteiger partial charge in [-0.2, -0.15) is 0 Å². The standard InChI is InChI=1S/C28H31Cl2N3O4S/c1-19(2)31-28(35)21(4)32(17-22-12-9-8-11-20(22)3)26(34)18-33(25-16-10-15-24(29)27(25)30)38(36,37)23-13-6-5-7-14-23/h5-16,19,21H,17-18H2,1-4H3,(H,31,35). The lowest BCUT2D eigenvalue weighted by Crippen LogP contribution is -2.52. The molecule has 0 radical (unpaired) electrons. The summed E-state index contributed by atoms with van der Waals surface area (Å²) >= 11 is 12.7. The van der Waals surface area contributed by atoms with Crippen LogP contribution in [0.15, 0.2) is 77.7 Å². The summed E-state index contributed by atoms with van der Waals surface area (Å²) in [4.78, 5) is 28.3. The molecule has 0 bridgehead atoms. The molecule has 7 nitrogen and oxygen atoms in total. The highest BCUT2D eigenvalue weighted by molar-refractivity contribution is 7.92. The van der Waals surface area contributed by atoms with E-state index in [0.717, 1.165) is 15.4 Å². The topological polar surface area (TPSA) is 86.8 Å². The van der Waals surface area contributed by atoms with E-state index in [9.17, 15) is 18.0 Å². The van der Waals surface area contributed by atoms with Gasteiger partial charge in [0.2, 0.25) is 11.8 Å². The number of halogens is 2. The monoisotopic (exact) mass is 575 g/mol. The highest BCUT2D eigenvalue weighted by Crippen LogP contribution is 2.35. The van der Waals surface area contributed by atoms with Crippen molar-refractivity contribution < 1.29 is 18.0 Å². The van der Waals surface area contributed by atoms with Gasteiger partial charge in [-0.05, 0) is 63.1 Å². The van der Waals surface area contributed by atoms with Gasteiger partial charge in [-0.25, -0.2) is 8.42 Å². The quantitative estimate of drug-likeness (QED) is 0.348. The Bertz CT molecular complexity index is 1400. The summed E-state index contributed by atoms with van der Waals surface area (Å²) in [6.07, 6.45) is 0. The van der Waals surface area contributed by atoms with Crippen molar-refractivity contribution in [1.29, 1.82) is 0 Å². The van der Waals surface area contributed by atoms with E-state index in [2.05, 4.69) is 5.32 Å². The highest BCUT2D eigenvalue weighted by atomic mass is 35.5. The van der Waals surface area contributed by atoms with Gasteiger partial charge >= 0.3 is 0 Å². The normalized spacial score (nSPS) is 12.2. The van der Waals surface area contributed by atoms with Crippen LogP contribution >= 0.6 is 23.2 Å². The lowest BCUT2D eigenvalue weighted by Gasteiger charge is -2.33. The SMILES string of the molecule is Cc1ccccc1CN(C(=O)CN(c1cccc(Cl)c1Cl)S(=O)(=O)c1ccccc1)C(C)C(=O)NC(C)C. The molecule has 0 aliphatic rings. The van der Waals surface area contributed by atoms with Crippen LogP contribution in [0.2, 0.25) is 10.0 Å². The van der Waals surface area contributed by atoms with Crippen LogP contribution in [0.25, 0.3) is 0 Å². The molecule has 0 saturated heterocycles. The fraction of sp³-hybridized carbons (Fsp3) is 0.286. The van der Waals surface area contributed by atoms with E-state index < -0.39 is 28.5 Å². The molecular formula is C28H31Cl2N3O4S. The number of carbonyl (C=O) groups excluding carboxylic acids is 2. The second kappa shape index (κ2) is 12.7. The molecule has 202 valence electrons. The summed E-state index contributed by atoms with van der Waals surface area (Å²) in [7, 11) is -4.23. The van der Waals surface area contributed by atoms with Gasteiger partial charge < -0.3 is 10.2 Å². The Balaban J connectivity index is 2.08. The summed E-state index contributed by atoms with van der Waals surface area (Å²) in [5.74, 6) is -0.921. The fourth-order valence-corrected chi connectivity index (χ4v) is 5.77. The third kappa shape index (κ3) is 6.87. The van der Waals surface area contributed by atoms with Crippen molar-refractivity contribution in [2.75, 3.05) is 10.8 Å². The molecule has 0 spiro atoms. The number of carbonyl (C=O) groups is 2. The van der Waals surface area contributed by atoms with Crippen LogP contribution < -0.4 is 9.62 Å². The number of hydrogen-bond acceptors (Lipinski definition) is 4. The van der Waals surface area contributed by atoms with Gasteiger partial charge in [0.15, 0.2) is 0 Å². The smallest absolute Gasteiger partial charge is 0.264 e. The zero-order valence-corrected chi connectivity index (χ0v) is 24.0. The Kier molecular flexibility index (Phi) is 9.82. The zero-order valence-electron chi connectivity index (χ0n) is 21.7. The summed E-state index contributed by atoms with van der Waals surface area (Å²) in [5, 5.41) is 2.98. The first-order valence-electron chi connectivity index (χ1n) is 12.1. The van der Waals surface area contributed by atoms with E-state index >= 15 is 0 Å². The number of nitrogens with zero attached hydrogens (tertiary/aromatic N) is 2. The van der Waals surface area contributed by atoms with Gasteiger partial charge in [-0.3, -0.25) is 13.9 Å². The van der Waals surface area contributed by atoms with Crippen LogP contribution in [-0.2, 0) is 26.2 Å². The first-order valence-corrected chi connectivity index (χ1v) is 14.3. The minimum absolute atomic E-state index is 0.00229. The molecule has 1 unspecified atom stereocenters. The average molecular weight is 577 g/mol. The van der Waals surface area contributed by atoms with Crippen molar-refractivity contribution in [1.82, 2.24) is 10.2 Å². The third-order valence-corrected chi connectivity index (χ3v) is 8.59. The average Bonchev–Trinajstić information content (AvgIpc) is 2.88. The Labute approximate surface area is 234 Å². The van der Waals surface area contributed by atoms with Gasteiger partial charge in [-0.1, -0.05) is 71.7 Å². The van der Waals surface area contributed by atoms with Gasteiger partial charge in [0.1, 0.15) is 12.6 Å². The molecule has 0 heterocycles. The molecule has 3 aromatic rings. The second-order valence-electron chi connectivity index (χ2n) is 9.19. The van der Waals surface area contributed by atoms with Gasteiger partial charge in [0.05, 0.1) is 20.6 Å². The van der Waals surface area contributed by atoms with E-state index in [1.54, 1.807) is 31.2 Å². The maximum Gasteiger partial charge on any atom is 0.264 e. The van der Waals surface area contributed by atoms with E-state index in [4.69, 9.17) is 23.2 Å². The molecule has 1 N–H and O–H groups in total. The summed E-state index contributed by atoms with van der Waals surface area (Å²) < 4.78 is 28.5. The number of nitrogens with one attached hydrogen (secondary N) is 1. The number of rotatable bonds is 10. The van der Waals surface area contributed by atoms with Crippen LogP contribution in [0, 0.1) is 6.92 Å². The molecule has 1 atom stereocenters. The van der Waals surface area contributed by atoms with Gasteiger partial charge in [0.25, 0.3) is 10.0 Å². The molecule has 0 fully saturated rings. The van der Waals surface area contributed by atoms with Crippen LogP contribution in [0.3, 0.4) is 0 Å². The Morgan fingerprint density at radius 3 is 2.16 bits per heavy atom. The van der Waals surface area contributed by atoms with Crippen LogP contribution in [0.5, 0.6) is 0 Å². The Morgan fingerprint density at radius 1 is 0.895 bits per heavy atom. The molecular weight excluding hydrogens is 545 g/mol. The number of anilines is 1. The maximum atomic E-state index is 13.9. The molecule has 3 rings (SSSR count). The molecule has 0 aliphatic carbocycles. The zero-order chi connectivity index (χ0) is 28.0. The minimum atomic E-state index is -4.23. The molecule has 38 heavy (non-hydrogen) atoms. The number of sulfonamides is 1. The summed E-state index contributed by atoms with van der Waals surface area (Å²) in [6, 6.07) is 18.8. The summed E-state index contributed by atoms with van der Waals surface area (Å²) in [5.41, 5.74) is 1.84. The number of hydrogen-bond donors (Lipinski definition) is 1. The van der Waals surface area contributed by atoms with Gasteiger partial charge in [0, 0.05) is 12.6 Å². The fourth-order valence-electron chi connectivity index (χ4n) is 3.88. The van der Waals surface area contributed by atoms with E-state index in [1.165, 1.54) is 29.2 Å². The first kappa shape index (κ1) is 29.5. The molecule has 0 aliphatic heterocycles. The van der Waals surface area contributed by atoms with E-state index in [0.29, 0.717) is 0 Å². The van der Waals surface area contributed by atoms with Crippen molar-refractivity contribution in [3.8, 4) is 0 Å². The lowest BCUT2D eigenvalue weighted by molar-refractivity contribution is -0.139. The van der Waals surface area contributed by atoms with Crippen LogP contribution in [0.1, 0.15) is 31.9 Å². The molecule has 2 amide bonds. The predicted molar refractivity (Wildman–Crippen MR) is 152 cm³/mol. The highest BCUT2D eigenvalue weighted by Gasteiger charge is 2.33. The lowest BCUT2D eigenvalue weighted by atomic mass is 10.1. The summed E-state index contributed by atoms with van der Waals surface area (Å²) in [6.45, 7) is 6.70. The molecule has 0 aromatic heterocycles. The van der Waals surface area contributed by atoms with Crippen molar-refractivity contribution in [2.24, 2.45) is 0 Å². The molecule has 0 saturated carbocycles. The van der Waals surface area contributed by atoms with Crippen LogP contribution in [0.4, 0.5) is 5.69 Å². The number of amides is 2. The Morgan fingerprint density at radius 2 is 1.53 bits per heavy atom. The van der Waals surface area contributed by atoms with E-state index in [1.807, 2.05) is 45.0 Å². The van der Waals surface area contributed by atoms with Crippen LogP contribution in [-0.4, -0.2) is 43.8 Å². The van der Waals surface area contributed by atoms with Crippen molar-refractivity contribution in [3.63, 3.8) is 0 Å². The predicted octanol–water partition coefficient (Wildman–Crippen LogP) is 5.44. The molecule has 10 heteroatoms. The maximum absolute atomic E-state index is 13.9. The third-order valence-electron chi connectivity index (χ3n) is 6.01.